The fourth-order valence-electron chi connectivity index (χ4n) is 2.73. The standard InChI is InChI=1S/C19H20FNO2S/c20-16-8-10-17(11-9-16)24-12-18(22)21-13-19(23,15-6-7-15)14-4-2-1-3-5-14/h1-5,8-11,15,23H,6-7,12-13H2,(H,21,22)/t19-/m0/s1. The number of nitrogens with one attached hydrogen (secondary N) is 1. The molecule has 0 unspecified atom stereocenters. The van der Waals surface area contributed by atoms with Gasteiger partial charge >= 0.3 is 0 Å². The van der Waals surface area contributed by atoms with E-state index in [1.165, 1.54) is 23.9 Å². The maximum Gasteiger partial charge on any atom is 0.230 e. The van der Waals surface area contributed by atoms with Crippen LogP contribution in [0.3, 0.4) is 0 Å². The second-order valence-electron chi connectivity index (χ2n) is 6.08. The third-order valence-electron chi connectivity index (χ3n) is 4.27. The Morgan fingerprint density at radius 2 is 1.83 bits per heavy atom. The first-order valence-electron chi connectivity index (χ1n) is 8.01. The van der Waals surface area contributed by atoms with Gasteiger partial charge in [-0.05, 0) is 48.6 Å². The average molecular weight is 345 g/mol. The highest BCUT2D eigenvalue weighted by Crippen LogP contribution is 2.45. The molecule has 1 fully saturated rings. The van der Waals surface area contributed by atoms with Gasteiger partial charge in [0.05, 0.1) is 12.3 Å². The molecule has 1 aliphatic carbocycles. The van der Waals surface area contributed by atoms with Crippen molar-refractivity contribution in [2.45, 2.75) is 23.3 Å². The van der Waals surface area contributed by atoms with Crippen molar-refractivity contribution >= 4 is 17.7 Å². The molecule has 1 aliphatic rings. The molecule has 2 aromatic carbocycles. The summed E-state index contributed by atoms with van der Waals surface area (Å²) < 4.78 is 12.9. The number of carbonyl (C=O) groups excluding carboxylic acids is 1. The van der Waals surface area contributed by atoms with E-state index in [0.29, 0.717) is 0 Å². The topological polar surface area (TPSA) is 49.3 Å². The van der Waals surface area contributed by atoms with Crippen LogP contribution >= 0.6 is 11.8 Å². The minimum Gasteiger partial charge on any atom is -0.383 e. The van der Waals surface area contributed by atoms with E-state index in [1.807, 2.05) is 30.3 Å². The number of carbonyl (C=O) groups is 1. The van der Waals surface area contributed by atoms with Gasteiger partial charge in [-0.1, -0.05) is 30.3 Å². The molecule has 0 aromatic heterocycles. The van der Waals surface area contributed by atoms with Crippen LogP contribution in [0.1, 0.15) is 18.4 Å². The van der Waals surface area contributed by atoms with E-state index in [1.54, 1.807) is 12.1 Å². The van der Waals surface area contributed by atoms with Crippen LogP contribution in [-0.2, 0) is 10.4 Å². The summed E-state index contributed by atoms with van der Waals surface area (Å²) in [6, 6.07) is 15.6. The first-order chi connectivity index (χ1) is 11.6. The summed E-state index contributed by atoms with van der Waals surface area (Å²) in [5.74, 6) is 0.00620. The predicted octanol–water partition coefficient (Wildman–Crippen LogP) is 3.33. The zero-order valence-corrected chi connectivity index (χ0v) is 14.1. The lowest BCUT2D eigenvalue weighted by Crippen LogP contribution is -2.43. The van der Waals surface area contributed by atoms with E-state index in [2.05, 4.69) is 5.32 Å². The van der Waals surface area contributed by atoms with Crippen molar-refractivity contribution in [3.63, 3.8) is 0 Å². The maximum absolute atomic E-state index is 12.9. The minimum atomic E-state index is -1.00. The lowest BCUT2D eigenvalue weighted by atomic mass is 9.88. The quantitative estimate of drug-likeness (QED) is 0.757. The Morgan fingerprint density at radius 3 is 2.46 bits per heavy atom. The van der Waals surface area contributed by atoms with Crippen LogP contribution in [0.4, 0.5) is 4.39 Å². The van der Waals surface area contributed by atoms with Crippen molar-refractivity contribution in [1.29, 1.82) is 0 Å². The van der Waals surface area contributed by atoms with Crippen LogP contribution in [0.5, 0.6) is 0 Å². The Balaban J connectivity index is 1.55. The molecule has 0 heterocycles. The summed E-state index contributed by atoms with van der Waals surface area (Å²) in [6.45, 7) is 0.213. The molecule has 0 spiro atoms. The van der Waals surface area contributed by atoms with Gasteiger partial charge in [0.2, 0.25) is 5.91 Å². The number of amides is 1. The molecule has 0 aliphatic heterocycles. The van der Waals surface area contributed by atoms with Gasteiger partial charge in [0, 0.05) is 4.90 Å². The molecular formula is C19H20FNO2S. The third kappa shape index (κ3) is 4.16. The van der Waals surface area contributed by atoms with E-state index in [4.69, 9.17) is 0 Å². The molecule has 1 saturated carbocycles. The summed E-state index contributed by atoms with van der Waals surface area (Å²) in [6.07, 6.45) is 1.96. The fourth-order valence-corrected chi connectivity index (χ4v) is 3.46. The number of benzene rings is 2. The number of halogens is 1. The second kappa shape index (κ2) is 7.36. The summed E-state index contributed by atoms with van der Waals surface area (Å²) in [4.78, 5) is 12.9. The van der Waals surface area contributed by atoms with E-state index in [0.717, 1.165) is 23.3 Å². The first-order valence-corrected chi connectivity index (χ1v) is 8.99. The lowest BCUT2D eigenvalue weighted by Gasteiger charge is -2.29. The highest BCUT2D eigenvalue weighted by Gasteiger charge is 2.45. The summed E-state index contributed by atoms with van der Waals surface area (Å²) in [5, 5.41) is 13.9. The molecule has 0 bridgehead atoms. The monoisotopic (exact) mass is 345 g/mol. The van der Waals surface area contributed by atoms with Crippen molar-refractivity contribution < 1.29 is 14.3 Å². The first kappa shape index (κ1) is 17.0. The van der Waals surface area contributed by atoms with Gasteiger partial charge in [-0.15, -0.1) is 11.8 Å². The summed E-state index contributed by atoms with van der Waals surface area (Å²) in [5.41, 5.74) is -0.156. The zero-order chi connectivity index (χ0) is 17.0. The molecule has 1 amide bonds. The highest BCUT2D eigenvalue weighted by molar-refractivity contribution is 8.00. The third-order valence-corrected chi connectivity index (χ3v) is 5.28. The second-order valence-corrected chi connectivity index (χ2v) is 7.13. The predicted molar refractivity (Wildman–Crippen MR) is 93.2 cm³/mol. The Kier molecular flexibility index (Phi) is 5.21. The van der Waals surface area contributed by atoms with Crippen molar-refractivity contribution in [1.82, 2.24) is 5.32 Å². The molecule has 1 atom stereocenters. The normalized spacial score (nSPS) is 16.4. The van der Waals surface area contributed by atoms with Crippen molar-refractivity contribution in [3.8, 4) is 0 Å². The zero-order valence-electron chi connectivity index (χ0n) is 13.2. The van der Waals surface area contributed by atoms with Gasteiger partial charge in [-0.3, -0.25) is 4.79 Å². The molecule has 3 nitrogen and oxygen atoms in total. The molecular weight excluding hydrogens is 325 g/mol. The Morgan fingerprint density at radius 1 is 1.17 bits per heavy atom. The number of aliphatic hydroxyl groups is 1. The van der Waals surface area contributed by atoms with Crippen LogP contribution < -0.4 is 5.32 Å². The Labute approximate surface area is 145 Å². The maximum atomic E-state index is 12.9. The van der Waals surface area contributed by atoms with Crippen LogP contribution in [-0.4, -0.2) is 23.3 Å². The molecule has 2 aromatic rings. The SMILES string of the molecule is O=C(CSc1ccc(F)cc1)NC[C@](O)(c1ccccc1)C1CC1. The van der Waals surface area contributed by atoms with Crippen molar-refractivity contribution in [2.75, 3.05) is 12.3 Å². The smallest absolute Gasteiger partial charge is 0.230 e. The molecule has 24 heavy (non-hydrogen) atoms. The van der Waals surface area contributed by atoms with Crippen LogP contribution in [0, 0.1) is 11.7 Å². The number of thioether (sulfide) groups is 1. The largest absolute Gasteiger partial charge is 0.383 e. The van der Waals surface area contributed by atoms with Crippen molar-refractivity contribution in [3.05, 3.63) is 66.0 Å². The number of hydrogen-bond donors (Lipinski definition) is 2. The molecule has 0 radical (unpaired) electrons. The molecule has 126 valence electrons. The van der Waals surface area contributed by atoms with Gasteiger partial charge in [0.25, 0.3) is 0 Å². The fraction of sp³-hybridized carbons (Fsp3) is 0.316. The van der Waals surface area contributed by atoms with E-state index < -0.39 is 5.60 Å². The minimum absolute atomic E-state index is 0.140. The molecule has 0 saturated heterocycles. The summed E-state index contributed by atoms with van der Waals surface area (Å²) in [7, 11) is 0. The number of hydrogen-bond acceptors (Lipinski definition) is 3. The average Bonchev–Trinajstić information content (AvgIpc) is 3.45. The summed E-state index contributed by atoms with van der Waals surface area (Å²) >= 11 is 1.35. The number of rotatable bonds is 7. The van der Waals surface area contributed by atoms with Crippen LogP contribution in [0.2, 0.25) is 0 Å². The molecule has 3 rings (SSSR count). The van der Waals surface area contributed by atoms with Crippen molar-refractivity contribution in [2.24, 2.45) is 5.92 Å². The van der Waals surface area contributed by atoms with Gasteiger partial charge in [-0.25, -0.2) is 4.39 Å². The van der Waals surface area contributed by atoms with Crippen LogP contribution in [0.15, 0.2) is 59.5 Å². The Hall–Kier alpha value is -1.85. The highest BCUT2D eigenvalue weighted by atomic mass is 32.2. The van der Waals surface area contributed by atoms with E-state index in [-0.39, 0.29) is 29.9 Å². The van der Waals surface area contributed by atoms with Gasteiger partial charge in [-0.2, -0.15) is 0 Å². The lowest BCUT2D eigenvalue weighted by molar-refractivity contribution is -0.120. The Bertz CT molecular complexity index is 688. The molecule has 2 N–H and O–H groups in total. The molecule has 5 heteroatoms. The van der Waals surface area contributed by atoms with Crippen LogP contribution in [0.25, 0.3) is 0 Å². The van der Waals surface area contributed by atoms with E-state index >= 15 is 0 Å². The van der Waals surface area contributed by atoms with Gasteiger partial charge in [0.15, 0.2) is 0 Å². The van der Waals surface area contributed by atoms with E-state index in [9.17, 15) is 14.3 Å². The van der Waals surface area contributed by atoms with Gasteiger partial charge < -0.3 is 10.4 Å². The van der Waals surface area contributed by atoms with Gasteiger partial charge in [0.1, 0.15) is 11.4 Å².